The Bertz CT molecular complexity index is 706. The number of aliphatic carboxylic acids is 1. The number of benzene rings is 2. The van der Waals surface area contributed by atoms with Crippen LogP contribution >= 0.6 is 0 Å². The zero-order chi connectivity index (χ0) is 18.1. The number of carboxylic acids is 1. The zero-order valence-corrected chi connectivity index (χ0v) is 14.8. The van der Waals surface area contributed by atoms with E-state index in [4.69, 9.17) is 0 Å². The number of fused-ring (bicyclic) bond motifs is 1. The second-order valence-electron chi connectivity index (χ2n) is 6.45. The lowest BCUT2D eigenvalue weighted by molar-refractivity contribution is -0.139. The molecule has 0 radical (unpaired) electrons. The van der Waals surface area contributed by atoms with Gasteiger partial charge in [-0.1, -0.05) is 81.8 Å². The standard InChI is InChI=1S/C21H27NO3/c1-2-3-4-5-6-7-15-19(21(24)25)22-20(23)18-14-10-12-16-11-8-9-13-17(16)18/h8-14,19H,2-7,15H2,1H3,(H,22,23)(H,24,25)/t19-/m1/s1. The number of carbonyl (C=O) groups is 2. The van der Waals surface area contributed by atoms with Crippen LogP contribution in [0.25, 0.3) is 10.8 Å². The van der Waals surface area contributed by atoms with E-state index in [1.165, 1.54) is 19.3 Å². The minimum Gasteiger partial charge on any atom is -0.480 e. The Morgan fingerprint density at radius 3 is 2.40 bits per heavy atom. The van der Waals surface area contributed by atoms with Gasteiger partial charge in [-0.05, 0) is 23.3 Å². The number of nitrogens with one attached hydrogen (secondary N) is 1. The first-order valence-corrected chi connectivity index (χ1v) is 9.15. The molecule has 1 atom stereocenters. The topological polar surface area (TPSA) is 66.4 Å². The van der Waals surface area contributed by atoms with Gasteiger partial charge in [0.15, 0.2) is 0 Å². The number of hydrogen-bond donors (Lipinski definition) is 2. The summed E-state index contributed by atoms with van der Waals surface area (Å²) in [4.78, 5) is 24.1. The molecule has 0 unspecified atom stereocenters. The summed E-state index contributed by atoms with van der Waals surface area (Å²) in [5.41, 5.74) is 0.521. The number of carbonyl (C=O) groups excluding carboxylic acids is 1. The Hall–Kier alpha value is -2.36. The van der Waals surface area contributed by atoms with Crippen LogP contribution in [0.2, 0.25) is 0 Å². The van der Waals surface area contributed by atoms with E-state index < -0.39 is 12.0 Å². The zero-order valence-electron chi connectivity index (χ0n) is 14.8. The van der Waals surface area contributed by atoms with Crippen molar-refractivity contribution in [1.82, 2.24) is 5.32 Å². The number of hydrogen-bond acceptors (Lipinski definition) is 2. The van der Waals surface area contributed by atoms with Crippen molar-refractivity contribution in [1.29, 1.82) is 0 Å². The second-order valence-corrected chi connectivity index (χ2v) is 6.45. The van der Waals surface area contributed by atoms with E-state index in [9.17, 15) is 14.7 Å². The van der Waals surface area contributed by atoms with Crippen LogP contribution in [0.1, 0.15) is 62.2 Å². The Balaban J connectivity index is 1.96. The van der Waals surface area contributed by atoms with E-state index in [2.05, 4.69) is 12.2 Å². The monoisotopic (exact) mass is 341 g/mol. The summed E-state index contributed by atoms with van der Waals surface area (Å²) in [6.45, 7) is 2.17. The largest absolute Gasteiger partial charge is 0.480 e. The van der Waals surface area contributed by atoms with Gasteiger partial charge in [-0.25, -0.2) is 4.79 Å². The Morgan fingerprint density at radius 2 is 1.64 bits per heavy atom. The number of amides is 1. The summed E-state index contributed by atoms with van der Waals surface area (Å²) < 4.78 is 0. The first kappa shape index (κ1) is 19.0. The molecule has 0 fully saturated rings. The number of unbranched alkanes of at least 4 members (excludes halogenated alkanes) is 5. The van der Waals surface area contributed by atoms with E-state index in [0.717, 1.165) is 30.0 Å². The Labute approximate surface area is 149 Å². The number of rotatable bonds is 10. The average molecular weight is 341 g/mol. The molecule has 0 bridgehead atoms. The maximum atomic E-state index is 12.6. The Kier molecular flexibility index (Phi) is 7.45. The van der Waals surface area contributed by atoms with Crippen molar-refractivity contribution >= 4 is 22.6 Å². The van der Waals surface area contributed by atoms with Crippen molar-refractivity contribution in [3.8, 4) is 0 Å². The van der Waals surface area contributed by atoms with Crippen LogP contribution in [0.5, 0.6) is 0 Å². The molecule has 0 aliphatic rings. The second kappa shape index (κ2) is 9.82. The van der Waals surface area contributed by atoms with Gasteiger partial charge in [0.25, 0.3) is 5.91 Å². The maximum Gasteiger partial charge on any atom is 0.326 e. The lowest BCUT2D eigenvalue weighted by Gasteiger charge is -2.15. The van der Waals surface area contributed by atoms with E-state index in [1.807, 2.05) is 36.4 Å². The van der Waals surface area contributed by atoms with Crippen LogP contribution in [-0.2, 0) is 4.79 Å². The first-order valence-electron chi connectivity index (χ1n) is 9.15. The molecule has 0 spiro atoms. The fourth-order valence-corrected chi connectivity index (χ4v) is 3.05. The molecule has 2 rings (SSSR count). The van der Waals surface area contributed by atoms with E-state index >= 15 is 0 Å². The molecule has 134 valence electrons. The van der Waals surface area contributed by atoms with Crippen LogP contribution < -0.4 is 5.32 Å². The predicted molar refractivity (Wildman–Crippen MR) is 101 cm³/mol. The minimum absolute atomic E-state index is 0.324. The molecule has 4 heteroatoms. The van der Waals surface area contributed by atoms with Crippen LogP contribution in [0.15, 0.2) is 42.5 Å². The molecule has 1 amide bonds. The molecule has 0 aliphatic carbocycles. The molecule has 0 aromatic heterocycles. The van der Waals surface area contributed by atoms with Crippen molar-refractivity contribution in [3.63, 3.8) is 0 Å². The highest BCUT2D eigenvalue weighted by atomic mass is 16.4. The quantitative estimate of drug-likeness (QED) is 0.612. The normalized spacial score (nSPS) is 12.0. The lowest BCUT2D eigenvalue weighted by atomic mass is 10.0. The maximum absolute atomic E-state index is 12.6. The summed E-state index contributed by atoms with van der Waals surface area (Å²) in [6, 6.07) is 12.3. The van der Waals surface area contributed by atoms with E-state index in [1.54, 1.807) is 6.07 Å². The van der Waals surface area contributed by atoms with Gasteiger partial charge >= 0.3 is 5.97 Å². The lowest BCUT2D eigenvalue weighted by Crippen LogP contribution is -2.40. The van der Waals surface area contributed by atoms with E-state index in [-0.39, 0.29) is 5.91 Å². The third kappa shape index (κ3) is 5.59. The average Bonchev–Trinajstić information content (AvgIpc) is 2.62. The molecule has 2 aromatic carbocycles. The van der Waals surface area contributed by atoms with Crippen LogP contribution in [0.4, 0.5) is 0 Å². The van der Waals surface area contributed by atoms with Crippen LogP contribution in [0.3, 0.4) is 0 Å². The minimum atomic E-state index is -0.970. The summed E-state index contributed by atoms with van der Waals surface area (Å²) in [7, 11) is 0. The van der Waals surface area contributed by atoms with E-state index in [0.29, 0.717) is 12.0 Å². The van der Waals surface area contributed by atoms with Crippen molar-refractivity contribution in [2.24, 2.45) is 0 Å². The molecule has 2 N–H and O–H groups in total. The third-order valence-corrected chi connectivity index (χ3v) is 4.48. The Morgan fingerprint density at radius 1 is 0.960 bits per heavy atom. The van der Waals surface area contributed by atoms with Crippen LogP contribution in [-0.4, -0.2) is 23.0 Å². The molecular weight excluding hydrogens is 314 g/mol. The molecule has 0 saturated carbocycles. The van der Waals surface area contributed by atoms with Gasteiger partial charge in [-0.15, -0.1) is 0 Å². The third-order valence-electron chi connectivity index (χ3n) is 4.48. The summed E-state index contributed by atoms with van der Waals surface area (Å²) in [6.07, 6.45) is 7.02. The number of carboxylic acid groups (broad SMARTS) is 1. The summed E-state index contributed by atoms with van der Waals surface area (Å²) in [5, 5.41) is 13.9. The van der Waals surface area contributed by atoms with Gasteiger partial charge in [0.1, 0.15) is 6.04 Å². The highest BCUT2D eigenvalue weighted by Gasteiger charge is 2.21. The highest BCUT2D eigenvalue weighted by Crippen LogP contribution is 2.19. The van der Waals surface area contributed by atoms with Crippen LogP contribution in [0, 0.1) is 0 Å². The predicted octanol–water partition coefficient (Wildman–Crippen LogP) is 4.77. The van der Waals surface area contributed by atoms with Gasteiger partial charge in [0.2, 0.25) is 0 Å². The molecule has 0 heterocycles. The highest BCUT2D eigenvalue weighted by molar-refractivity contribution is 6.07. The summed E-state index contributed by atoms with van der Waals surface area (Å²) >= 11 is 0. The van der Waals surface area contributed by atoms with Gasteiger partial charge in [-0.3, -0.25) is 4.79 Å². The molecule has 0 aliphatic heterocycles. The van der Waals surface area contributed by atoms with Crippen molar-refractivity contribution in [2.45, 2.75) is 57.9 Å². The molecule has 4 nitrogen and oxygen atoms in total. The molecular formula is C21H27NO3. The first-order chi connectivity index (χ1) is 12.1. The fourth-order valence-electron chi connectivity index (χ4n) is 3.05. The smallest absolute Gasteiger partial charge is 0.326 e. The van der Waals surface area contributed by atoms with Crippen molar-refractivity contribution in [2.75, 3.05) is 0 Å². The van der Waals surface area contributed by atoms with Gasteiger partial charge in [0, 0.05) is 5.56 Å². The van der Waals surface area contributed by atoms with Crippen molar-refractivity contribution < 1.29 is 14.7 Å². The van der Waals surface area contributed by atoms with Crippen molar-refractivity contribution in [3.05, 3.63) is 48.0 Å². The fraction of sp³-hybridized carbons (Fsp3) is 0.429. The summed E-state index contributed by atoms with van der Waals surface area (Å²) in [5.74, 6) is -1.29. The van der Waals surface area contributed by atoms with Gasteiger partial charge in [-0.2, -0.15) is 0 Å². The molecule has 2 aromatic rings. The molecule has 0 saturated heterocycles. The van der Waals surface area contributed by atoms with Gasteiger partial charge in [0.05, 0.1) is 0 Å². The molecule has 25 heavy (non-hydrogen) atoms. The van der Waals surface area contributed by atoms with Gasteiger partial charge < -0.3 is 10.4 Å². The SMILES string of the molecule is CCCCCCCC[C@@H](NC(=O)c1cccc2ccccc12)C(=O)O.